The Morgan fingerprint density at radius 2 is 0.920 bits per heavy atom. The highest BCUT2D eigenvalue weighted by atomic mass is 16.1. The molecule has 0 heterocycles. The van der Waals surface area contributed by atoms with Crippen LogP contribution in [0.2, 0.25) is 0 Å². The molecule has 0 aliphatic heterocycles. The van der Waals surface area contributed by atoms with Crippen LogP contribution >= 0.6 is 0 Å². The van der Waals surface area contributed by atoms with Crippen molar-refractivity contribution in [2.45, 2.75) is 135 Å². The molecule has 0 saturated heterocycles. The molecule has 0 aromatic carbocycles. The quantitative estimate of drug-likeness (QED) is 0.158. The van der Waals surface area contributed by atoms with E-state index in [1.165, 1.54) is 89.9 Å². The minimum atomic E-state index is 0.483. The Hall–Kier alpha value is -0.660. The van der Waals surface area contributed by atoms with Crippen LogP contribution < -0.4 is 0 Å². The minimum absolute atomic E-state index is 0.483. The first-order chi connectivity index (χ1) is 12.3. The fraction of sp³-hybridized carbons (Fsp3) is 0.913. The van der Waals surface area contributed by atoms with Gasteiger partial charge in [-0.3, -0.25) is 4.79 Å². The van der Waals surface area contributed by atoms with Gasteiger partial charge in [-0.15, -0.1) is 0 Å². The highest BCUT2D eigenvalue weighted by molar-refractivity contribution is 5.78. The van der Waals surface area contributed by atoms with E-state index in [9.17, 15) is 9.59 Å². The molecular weight excluding hydrogens is 308 g/mol. The second-order valence-corrected chi connectivity index (χ2v) is 7.65. The second kappa shape index (κ2) is 21.4. The van der Waals surface area contributed by atoms with Crippen LogP contribution in [-0.2, 0) is 9.59 Å². The summed E-state index contributed by atoms with van der Waals surface area (Å²) < 4.78 is 0. The zero-order valence-corrected chi connectivity index (χ0v) is 17.0. The number of hydrogen-bond donors (Lipinski definition) is 0. The lowest BCUT2D eigenvalue weighted by atomic mass is 10.0. The molecule has 0 aromatic heterocycles. The van der Waals surface area contributed by atoms with Gasteiger partial charge in [-0.05, 0) is 19.3 Å². The molecule has 2 nitrogen and oxygen atoms in total. The average Bonchev–Trinajstić information content (AvgIpc) is 2.62. The lowest BCUT2D eigenvalue weighted by Gasteiger charge is -2.03. The standard InChI is InChI=1S/C23H44O2/c1-2-3-4-5-6-8-11-14-17-20-23(25)21-18-15-12-9-7-10-13-16-19-22-24/h22H,2-21H2,1H3. The molecule has 25 heavy (non-hydrogen) atoms. The smallest absolute Gasteiger partial charge is 0.132 e. The molecule has 0 rings (SSSR count). The summed E-state index contributed by atoms with van der Waals surface area (Å²) in [5, 5.41) is 0. The van der Waals surface area contributed by atoms with E-state index in [1.807, 2.05) is 0 Å². The molecule has 0 bridgehead atoms. The average molecular weight is 353 g/mol. The van der Waals surface area contributed by atoms with Crippen LogP contribution in [0.5, 0.6) is 0 Å². The van der Waals surface area contributed by atoms with Gasteiger partial charge >= 0.3 is 0 Å². The summed E-state index contributed by atoms with van der Waals surface area (Å²) in [6.45, 7) is 2.26. The molecule has 0 saturated carbocycles. The van der Waals surface area contributed by atoms with Crippen molar-refractivity contribution >= 4 is 12.1 Å². The third kappa shape index (κ3) is 21.3. The second-order valence-electron chi connectivity index (χ2n) is 7.65. The Morgan fingerprint density at radius 1 is 0.560 bits per heavy atom. The lowest BCUT2D eigenvalue weighted by molar-refractivity contribution is -0.119. The molecule has 0 aliphatic carbocycles. The van der Waals surface area contributed by atoms with Gasteiger partial charge in [0.2, 0.25) is 0 Å². The maximum Gasteiger partial charge on any atom is 0.132 e. The normalized spacial score (nSPS) is 10.9. The third-order valence-electron chi connectivity index (χ3n) is 5.09. The molecule has 0 spiro atoms. The number of rotatable bonds is 21. The monoisotopic (exact) mass is 352 g/mol. The van der Waals surface area contributed by atoms with Crippen molar-refractivity contribution in [3.8, 4) is 0 Å². The van der Waals surface area contributed by atoms with E-state index in [1.54, 1.807) is 0 Å². The van der Waals surface area contributed by atoms with Crippen LogP contribution in [0.15, 0.2) is 0 Å². The maximum atomic E-state index is 11.9. The molecule has 0 fully saturated rings. The van der Waals surface area contributed by atoms with Crippen LogP contribution in [0.1, 0.15) is 135 Å². The van der Waals surface area contributed by atoms with E-state index in [0.717, 1.165) is 44.8 Å². The van der Waals surface area contributed by atoms with Gasteiger partial charge in [0, 0.05) is 19.3 Å². The molecule has 148 valence electrons. The van der Waals surface area contributed by atoms with E-state index < -0.39 is 0 Å². The third-order valence-corrected chi connectivity index (χ3v) is 5.09. The zero-order chi connectivity index (χ0) is 18.4. The number of unbranched alkanes of at least 4 members (excludes halogenated alkanes) is 16. The van der Waals surface area contributed by atoms with Crippen LogP contribution in [-0.4, -0.2) is 12.1 Å². The number of hydrogen-bond acceptors (Lipinski definition) is 2. The Morgan fingerprint density at radius 3 is 1.32 bits per heavy atom. The van der Waals surface area contributed by atoms with Gasteiger partial charge in [0.15, 0.2) is 0 Å². The Labute approximate surface area is 157 Å². The highest BCUT2D eigenvalue weighted by Gasteiger charge is 2.02. The molecule has 0 aliphatic rings. The van der Waals surface area contributed by atoms with Crippen LogP contribution in [0, 0.1) is 0 Å². The molecule has 0 N–H and O–H groups in total. The van der Waals surface area contributed by atoms with Crippen LogP contribution in [0.3, 0.4) is 0 Å². The fourth-order valence-corrected chi connectivity index (χ4v) is 3.37. The van der Waals surface area contributed by atoms with Crippen molar-refractivity contribution in [1.82, 2.24) is 0 Å². The van der Waals surface area contributed by atoms with E-state index in [4.69, 9.17) is 0 Å². The van der Waals surface area contributed by atoms with Gasteiger partial charge in [0.05, 0.1) is 0 Å². The highest BCUT2D eigenvalue weighted by Crippen LogP contribution is 2.13. The van der Waals surface area contributed by atoms with Gasteiger partial charge < -0.3 is 4.79 Å². The number of carbonyl (C=O) groups is 2. The molecular formula is C23H44O2. The van der Waals surface area contributed by atoms with Crippen LogP contribution in [0.25, 0.3) is 0 Å². The first-order valence-electron chi connectivity index (χ1n) is 11.3. The molecule has 0 unspecified atom stereocenters. The van der Waals surface area contributed by atoms with Crippen molar-refractivity contribution in [2.75, 3.05) is 0 Å². The Kier molecular flexibility index (Phi) is 20.8. The number of Topliss-reactive ketones (excluding diaryl/α,β-unsaturated/α-hetero) is 1. The molecule has 0 amide bonds. The number of aldehydes is 1. The van der Waals surface area contributed by atoms with Crippen molar-refractivity contribution in [3.05, 3.63) is 0 Å². The van der Waals surface area contributed by atoms with E-state index >= 15 is 0 Å². The van der Waals surface area contributed by atoms with Crippen molar-refractivity contribution in [2.24, 2.45) is 0 Å². The number of ketones is 1. The summed E-state index contributed by atoms with van der Waals surface area (Å²) in [5.41, 5.74) is 0. The van der Waals surface area contributed by atoms with Gasteiger partial charge in [-0.1, -0.05) is 96.8 Å². The van der Waals surface area contributed by atoms with Gasteiger partial charge in [0.25, 0.3) is 0 Å². The van der Waals surface area contributed by atoms with E-state index in [0.29, 0.717) is 5.78 Å². The van der Waals surface area contributed by atoms with Gasteiger partial charge in [0.1, 0.15) is 12.1 Å². The van der Waals surface area contributed by atoms with Gasteiger partial charge in [-0.25, -0.2) is 0 Å². The fourth-order valence-electron chi connectivity index (χ4n) is 3.37. The summed E-state index contributed by atoms with van der Waals surface area (Å²) >= 11 is 0. The van der Waals surface area contributed by atoms with E-state index in [2.05, 4.69) is 6.92 Å². The predicted molar refractivity (Wildman–Crippen MR) is 109 cm³/mol. The van der Waals surface area contributed by atoms with Crippen molar-refractivity contribution < 1.29 is 9.59 Å². The summed E-state index contributed by atoms with van der Waals surface area (Å²) in [7, 11) is 0. The summed E-state index contributed by atoms with van der Waals surface area (Å²) in [5.74, 6) is 0.483. The Balaban J connectivity index is 3.14. The Bertz CT molecular complexity index is 286. The largest absolute Gasteiger partial charge is 0.303 e. The maximum absolute atomic E-state index is 11.9. The summed E-state index contributed by atoms with van der Waals surface area (Å²) in [4.78, 5) is 22.1. The topological polar surface area (TPSA) is 34.1 Å². The minimum Gasteiger partial charge on any atom is -0.303 e. The SMILES string of the molecule is CCCCCCCCCCCC(=O)CCCCCCCCCCC=O. The predicted octanol–water partition coefficient (Wildman–Crippen LogP) is 7.58. The number of carbonyl (C=O) groups excluding carboxylic acids is 2. The van der Waals surface area contributed by atoms with Crippen molar-refractivity contribution in [1.29, 1.82) is 0 Å². The van der Waals surface area contributed by atoms with Crippen molar-refractivity contribution in [3.63, 3.8) is 0 Å². The molecule has 0 radical (unpaired) electrons. The molecule has 0 aromatic rings. The zero-order valence-electron chi connectivity index (χ0n) is 17.0. The molecule has 2 heteroatoms. The lowest BCUT2D eigenvalue weighted by Crippen LogP contribution is -1.97. The van der Waals surface area contributed by atoms with Gasteiger partial charge in [-0.2, -0.15) is 0 Å². The molecule has 0 atom stereocenters. The summed E-state index contributed by atoms with van der Waals surface area (Å²) in [6, 6.07) is 0. The van der Waals surface area contributed by atoms with Crippen LogP contribution in [0.4, 0.5) is 0 Å². The summed E-state index contributed by atoms with van der Waals surface area (Å²) in [6.07, 6.45) is 24.9. The first kappa shape index (κ1) is 24.3. The first-order valence-corrected chi connectivity index (χ1v) is 11.3. The van der Waals surface area contributed by atoms with E-state index in [-0.39, 0.29) is 0 Å².